The quantitative estimate of drug-likeness (QED) is 0.852. The summed E-state index contributed by atoms with van der Waals surface area (Å²) in [6.45, 7) is 5.20. The number of thiazole rings is 1. The molecule has 0 saturated heterocycles. The topological polar surface area (TPSA) is 24.9 Å². The Labute approximate surface area is 125 Å². The Balaban J connectivity index is 2.29. The van der Waals surface area contributed by atoms with Gasteiger partial charge in [0.25, 0.3) is 0 Å². The maximum Gasteiger partial charge on any atom is 0.125 e. The number of hydrogen-bond acceptors (Lipinski definition) is 3. The zero-order valence-electron chi connectivity index (χ0n) is 10.2. The highest BCUT2D eigenvalue weighted by Gasteiger charge is 2.12. The minimum Gasteiger partial charge on any atom is -0.310 e. The van der Waals surface area contributed by atoms with Crippen molar-refractivity contribution >= 4 is 38.9 Å². The highest BCUT2D eigenvalue weighted by atomic mass is 79.9. The van der Waals surface area contributed by atoms with E-state index < -0.39 is 0 Å². The van der Waals surface area contributed by atoms with Crippen LogP contribution in [0.1, 0.15) is 24.8 Å². The molecule has 1 atom stereocenters. The zero-order chi connectivity index (χ0) is 13.1. The van der Waals surface area contributed by atoms with Gasteiger partial charge in [-0.2, -0.15) is 0 Å². The van der Waals surface area contributed by atoms with Crippen LogP contribution in [0.4, 0.5) is 0 Å². The van der Waals surface area contributed by atoms with Crippen molar-refractivity contribution in [1.82, 2.24) is 10.3 Å². The van der Waals surface area contributed by atoms with Crippen LogP contribution in [0, 0.1) is 0 Å². The van der Waals surface area contributed by atoms with Crippen molar-refractivity contribution in [2.75, 3.05) is 6.54 Å². The molecule has 2 nitrogen and oxygen atoms in total. The van der Waals surface area contributed by atoms with Crippen LogP contribution in [0.3, 0.4) is 0 Å². The number of aromatic nitrogens is 1. The van der Waals surface area contributed by atoms with E-state index in [4.69, 9.17) is 11.6 Å². The van der Waals surface area contributed by atoms with Crippen molar-refractivity contribution in [1.29, 1.82) is 0 Å². The molecule has 0 amide bonds. The SMILES string of the molecule is CCNC(C)c1cnc(-c2ccc(Br)cc2Cl)s1. The molecule has 0 aliphatic heterocycles. The number of hydrogen-bond donors (Lipinski definition) is 1. The van der Waals surface area contributed by atoms with E-state index in [9.17, 15) is 0 Å². The lowest BCUT2D eigenvalue weighted by Crippen LogP contribution is -2.16. The molecule has 0 spiro atoms. The van der Waals surface area contributed by atoms with E-state index in [1.54, 1.807) is 11.3 Å². The predicted molar refractivity (Wildman–Crippen MR) is 82.4 cm³/mol. The molecular formula is C13H14BrClN2S. The summed E-state index contributed by atoms with van der Waals surface area (Å²) < 4.78 is 0.981. The van der Waals surface area contributed by atoms with Crippen LogP contribution in [-0.2, 0) is 0 Å². The van der Waals surface area contributed by atoms with Gasteiger partial charge in [-0.15, -0.1) is 11.3 Å². The van der Waals surface area contributed by atoms with Crippen molar-refractivity contribution < 1.29 is 0 Å². The molecule has 2 aromatic rings. The van der Waals surface area contributed by atoms with Crippen LogP contribution in [0.25, 0.3) is 10.6 Å². The molecule has 2 rings (SSSR count). The molecule has 0 aliphatic carbocycles. The van der Waals surface area contributed by atoms with Gasteiger partial charge < -0.3 is 5.32 Å². The van der Waals surface area contributed by atoms with E-state index in [1.807, 2.05) is 24.4 Å². The molecule has 0 saturated carbocycles. The molecule has 1 aromatic carbocycles. The lowest BCUT2D eigenvalue weighted by Gasteiger charge is -2.08. The maximum atomic E-state index is 6.24. The molecule has 0 radical (unpaired) electrons. The summed E-state index contributed by atoms with van der Waals surface area (Å²) in [7, 11) is 0. The van der Waals surface area contributed by atoms with E-state index >= 15 is 0 Å². The van der Waals surface area contributed by atoms with Gasteiger partial charge in [-0.05, 0) is 31.7 Å². The van der Waals surface area contributed by atoms with Gasteiger partial charge in [0.2, 0.25) is 0 Å². The molecule has 1 N–H and O–H groups in total. The average Bonchev–Trinajstić information content (AvgIpc) is 2.78. The fourth-order valence-electron chi connectivity index (χ4n) is 1.68. The average molecular weight is 346 g/mol. The number of nitrogens with one attached hydrogen (secondary N) is 1. The highest BCUT2D eigenvalue weighted by Crippen LogP contribution is 2.34. The summed E-state index contributed by atoms with van der Waals surface area (Å²) in [5, 5.41) is 5.07. The Bertz CT molecular complexity index is 542. The number of rotatable bonds is 4. The van der Waals surface area contributed by atoms with Crippen molar-refractivity contribution in [3.8, 4) is 10.6 Å². The summed E-state index contributed by atoms with van der Waals surface area (Å²) >= 11 is 11.3. The van der Waals surface area contributed by atoms with E-state index in [2.05, 4.69) is 40.1 Å². The first-order valence-corrected chi connectivity index (χ1v) is 7.75. The summed E-state index contributed by atoms with van der Waals surface area (Å²) in [6, 6.07) is 6.20. The van der Waals surface area contributed by atoms with Gasteiger partial charge >= 0.3 is 0 Å². The van der Waals surface area contributed by atoms with Crippen molar-refractivity contribution in [2.24, 2.45) is 0 Å². The number of benzene rings is 1. The Kier molecular flexibility index (Phi) is 4.78. The first-order chi connectivity index (χ1) is 8.61. The summed E-state index contributed by atoms with van der Waals surface area (Å²) in [6.07, 6.45) is 1.92. The monoisotopic (exact) mass is 344 g/mol. The third-order valence-corrected chi connectivity index (χ3v) is 4.64. The number of halogens is 2. The molecule has 1 aromatic heterocycles. The molecule has 18 heavy (non-hydrogen) atoms. The van der Waals surface area contributed by atoms with Gasteiger partial charge in [0.15, 0.2) is 0 Å². The van der Waals surface area contributed by atoms with Crippen molar-refractivity contribution in [2.45, 2.75) is 19.9 Å². The zero-order valence-corrected chi connectivity index (χ0v) is 13.4. The van der Waals surface area contributed by atoms with Crippen LogP contribution in [0.5, 0.6) is 0 Å². The van der Waals surface area contributed by atoms with Crippen LogP contribution in [-0.4, -0.2) is 11.5 Å². The van der Waals surface area contributed by atoms with Gasteiger partial charge in [-0.25, -0.2) is 4.98 Å². The lowest BCUT2D eigenvalue weighted by molar-refractivity contribution is 0.606. The molecule has 0 aliphatic rings. The highest BCUT2D eigenvalue weighted by molar-refractivity contribution is 9.10. The van der Waals surface area contributed by atoms with Crippen LogP contribution < -0.4 is 5.32 Å². The van der Waals surface area contributed by atoms with Crippen LogP contribution >= 0.6 is 38.9 Å². The largest absolute Gasteiger partial charge is 0.310 e. The van der Waals surface area contributed by atoms with E-state index in [1.165, 1.54) is 4.88 Å². The van der Waals surface area contributed by atoms with Gasteiger partial charge in [0, 0.05) is 27.2 Å². The third kappa shape index (κ3) is 3.12. The minimum atomic E-state index is 0.329. The maximum absolute atomic E-state index is 6.24. The molecule has 0 bridgehead atoms. The van der Waals surface area contributed by atoms with Gasteiger partial charge in [0.05, 0.1) is 5.02 Å². The Morgan fingerprint density at radius 2 is 2.28 bits per heavy atom. The summed E-state index contributed by atoms with van der Waals surface area (Å²) in [5.41, 5.74) is 0.986. The second-order valence-corrected chi connectivity index (χ2v) is 6.36. The fraction of sp³-hybridized carbons (Fsp3) is 0.308. The molecule has 5 heteroatoms. The second-order valence-electron chi connectivity index (χ2n) is 3.97. The normalized spacial score (nSPS) is 12.7. The molecule has 0 fully saturated rings. The Morgan fingerprint density at radius 3 is 2.94 bits per heavy atom. The van der Waals surface area contributed by atoms with Crippen LogP contribution in [0.2, 0.25) is 5.02 Å². The summed E-state index contributed by atoms with van der Waals surface area (Å²) in [5.74, 6) is 0. The van der Waals surface area contributed by atoms with Gasteiger partial charge in [-0.1, -0.05) is 34.5 Å². The molecule has 1 heterocycles. The molecule has 96 valence electrons. The first-order valence-electron chi connectivity index (χ1n) is 5.76. The fourth-order valence-corrected chi connectivity index (χ4v) is 3.48. The van der Waals surface area contributed by atoms with E-state index in [0.717, 1.165) is 26.6 Å². The first kappa shape index (κ1) is 14.0. The Hall–Kier alpha value is -0.420. The van der Waals surface area contributed by atoms with E-state index in [-0.39, 0.29) is 0 Å². The predicted octanol–water partition coefficient (Wildman–Crippen LogP) is 4.90. The standard InChI is InChI=1S/C13H14BrClN2S/c1-3-16-8(2)12-7-17-13(18-12)10-5-4-9(14)6-11(10)15/h4-8,16H,3H2,1-2H3. The van der Waals surface area contributed by atoms with Crippen molar-refractivity contribution in [3.05, 3.63) is 38.8 Å². The summed E-state index contributed by atoms with van der Waals surface area (Å²) in [4.78, 5) is 5.69. The van der Waals surface area contributed by atoms with Crippen molar-refractivity contribution in [3.63, 3.8) is 0 Å². The molecular weight excluding hydrogens is 332 g/mol. The number of nitrogens with zero attached hydrogens (tertiary/aromatic N) is 1. The second kappa shape index (κ2) is 6.15. The smallest absolute Gasteiger partial charge is 0.125 e. The Morgan fingerprint density at radius 1 is 1.50 bits per heavy atom. The lowest BCUT2D eigenvalue weighted by atomic mass is 10.2. The minimum absolute atomic E-state index is 0.329. The van der Waals surface area contributed by atoms with Gasteiger partial charge in [0.1, 0.15) is 5.01 Å². The van der Waals surface area contributed by atoms with Crippen LogP contribution in [0.15, 0.2) is 28.9 Å². The molecule has 1 unspecified atom stereocenters. The van der Waals surface area contributed by atoms with E-state index in [0.29, 0.717) is 6.04 Å². The van der Waals surface area contributed by atoms with Gasteiger partial charge in [-0.3, -0.25) is 0 Å². The third-order valence-electron chi connectivity index (χ3n) is 2.62.